The molecule has 490 valence electrons. The number of hydrogen-bond donors (Lipinski definition) is 0. The number of aryl methyl sites for hydroxylation is 7. The highest BCUT2D eigenvalue weighted by Crippen LogP contribution is 2.31. The molecule has 0 aliphatic heterocycles. The fourth-order valence-corrected chi connectivity index (χ4v) is 11.1. The summed E-state index contributed by atoms with van der Waals surface area (Å²) in [7, 11) is 0. The van der Waals surface area contributed by atoms with Crippen molar-refractivity contribution in [1.29, 1.82) is 0 Å². The minimum atomic E-state index is -0.194. The molecule has 4 nitrogen and oxygen atoms in total. The molecule has 16 aromatic rings. The normalized spacial score (nSPS) is 10.2. The summed E-state index contributed by atoms with van der Waals surface area (Å²) in [6, 6.07) is 121. The van der Waals surface area contributed by atoms with Crippen molar-refractivity contribution in [3.8, 4) is 78.4 Å². The van der Waals surface area contributed by atoms with E-state index in [9.17, 15) is 4.39 Å². The molecule has 0 atom stereocenters. The second-order valence-corrected chi connectivity index (χ2v) is 24.4. The number of nitrogens with zero attached hydrogens (tertiary/aromatic N) is 4. The third-order valence-corrected chi connectivity index (χ3v) is 16.6. The zero-order valence-corrected chi connectivity index (χ0v) is 58.0. The molecule has 0 fully saturated rings. The molecule has 0 bridgehead atoms. The lowest BCUT2D eigenvalue weighted by atomic mass is 9.96. The topological polar surface area (TPSA) is 51.6 Å². The van der Waals surface area contributed by atoms with Crippen molar-refractivity contribution >= 4 is 21.5 Å². The molecular weight excluding hydrogens is 1220 g/mol. The second-order valence-electron chi connectivity index (χ2n) is 24.4. The van der Waals surface area contributed by atoms with E-state index in [1.54, 1.807) is 12.1 Å². The van der Waals surface area contributed by atoms with Gasteiger partial charge >= 0.3 is 0 Å². The van der Waals surface area contributed by atoms with E-state index in [0.717, 1.165) is 39.6 Å². The zero-order valence-electron chi connectivity index (χ0n) is 58.0. The van der Waals surface area contributed by atoms with Crippen LogP contribution in [0, 0.1) is 54.3 Å². The Hall–Kier alpha value is -12.3. The van der Waals surface area contributed by atoms with Crippen molar-refractivity contribution in [2.24, 2.45) is 0 Å². The largest absolute Gasteiger partial charge is 0.256 e. The Bertz CT molecular complexity index is 4960. The molecule has 0 N–H and O–H groups in total. The minimum absolute atomic E-state index is 0.194. The molecule has 4 aromatic heterocycles. The molecule has 5 heteroatoms. The van der Waals surface area contributed by atoms with Crippen LogP contribution in [0.1, 0.15) is 39.1 Å². The summed E-state index contributed by atoms with van der Waals surface area (Å²) in [4.78, 5) is 17.5. The Morgan fingerprint density at radius 1 is 0.240 bits per heavy atom. The Labute approximate surface area is 590 Å². The van der Waals surface area contributed by atoms with Crippen LogP contribution in [0.2, 0.25) is 0 Å². The van der Waals surface area contributed by atoms with Gasteiger partial charge in [0.25, 0.3) is 0 Å². The number of fused-ring (bicyclic) bond motifs is 2. The molecule has 4 heterocycles. The molecule has 0 radical (unpaired) electrons. The first kappa shape index (κ1) is 70.5. The molecule has 0 amide bonds. The van der Waals surface area contributed by atoms with Crippen molar-refractivity contribution < 1.29 is 4.39 Å². The lowest BCUT2D eigenvalue weighted by Crippen LogP contribution is -1.85. The fraction of sp³-hybridized carbons (Fsp3) is 0.0737. The van der Waals surface area contributed by atoms with Crippen molar-refractivity contribution in [1.82, 2.24) is 19.9 Å². The predicted molar refractivity (Wildman–Crippen MR) is 422 cm³/mol. The van der Waals surface area contributed by atoms with Gasteiger partial charge in [0, 0.05) is 46.5 Å². The highest BCUT2D eigenvalue weighted by molar-refractivity contribution is 5.98. The average Bonchev–Trinajstić information content (AvgIpc) is 0.805. The summed E-state index contributed by atoms with van der Waals surface area (Å²) in [6.45, 7) is 14.5. The zero-order chi connectivity index (χ0) is 69.7. The summed E-state index contributed by atoms with van der Waals surface area (Å²) in [6.07, 6.45) is 5.56. The van der Waals surface area contributed by atoms with E-state index in [1.165, 1.54) is 112 Å². The maximum atomic E-state index is 12.7. The van der Waals surface area contributed by atoms with E-state index in [4.69, 9.17) is 0 Å². The second kappa shape index (κ2) is 36.7. The van der Waals surface area contributed by atoms with Gasteiger partial charge in [-0.2, -0.15) is 0 Å². The van der Waals surface area contributed by atoms with Gasteiger partial charge in [-0.1, -0.05) is 314 Å². The van der Waals surface area contributed by atoms with Crippen LogP contribution in [0.15, 0.2) is 377 Å². The molecular formula is C95H83FN4. The van der Waals surface area contributed by atoms with Crippen molar-refractivity contribution in [2.75, 3.05) is 0 Å². The van der Waals surface area contributed by atoms with Crippen LogP contribution < -0.4 is 0 Å². The van der Waals surface area contributed by atoms with Gasteiger partial charge in [-0.3, -0.25) is 19.9 Å². The molecule has 16 rings (SSSR count). The van der Waals surface area contributed by atoms with Crippen molar-refractivity contribution in [3.63, 3.8) is 0 Å². The number of pyridine rings is 4. The third kappa shape index (κ3) is 21.1. The monoisotopic (exact) mass is 1300 g/mol. The lowest BCUT2D eigenvalue weighted by molar-refractivity contribution is 0.628. The number of halogens is 1. The smallest absolute Gasteiger partial charge is 0.123 e. The molecule has 0 saturated carbocycles. The van der Waals surface area contributed by atoms with Gasteiger partial charge in [0.2, 0.25) is 0 Å². The standard InChI is InChI=1S/2C17H14.C13H11F.4C12H11N/c1-13-11-12-16(14-7-3-2-4-8-14)17-10-6-5-9-15(13)17;1-13-6-8-15(9-7-13)17-11-10-14-4-2-3-5-16(14)12-17;1-10-2-4-11(5-3-10)12-6-8-13(14)9-7-12;1-10-6-5-9-13-12(10)11-7-3-2-4-8-11;1-10-6-5-9-12(13-10)11-7-3-2-4-8-11;1-10-7-8-13-12(9-10)11-5-3-2-4-6-11;1-10-7-8-12(13-9-10)11-5-3-2-4-6-11/h2*2-12H,1H3;2-9H,1H3;4*2-9H,1H3. The molecule has 0 spiro atoms. The molecule has 0 saturated heterocycles. The van der Waals surface area contributed by atoms with E-state index in [-0.39, 0.29) is 5.82 Å². The highest BCUT2D eigenvalue weighted by atomic mass is 19.1. The van der Waals surface area contributed by atoms with Crippen LogP contribution >= 0.6 is 0 Å². The third-order valence-electron chi connectivity index (χ3n) is 16.6. The van der Waals surface area contributed by atoms with Gasteiger partial charge in [-0.05, 0) is 180 Å². The van der Waals surface area contributed by atoms with Crippen LogP contribution in [0.25, 0.3) is 100.0 Å². The van der Waals surface area contributed by atoms with Crippen molar-refractivity contribution in [2.45, 2.75) is 48.5 Å². The average molecular weight is 1300 g/mol. The van der Waals surface area contributed by atoms with Gasteiger partial charge < -0.3 is 0 Å². The lowest BCUT2D eigenvalue weighted by Gasteiger charge is -2.09. The Morgan fingerprint density at radius 2 is 0.720 bits per heavy atom. The predicted octanol–water partition coefficient (Wildman–Crippen LogP) is 25.7. The SMILES string of the molecule is Cc1ccc(-c2ccc(F)cc2)cc1.Cc1ccc(-c2ccc3ccccc3c2)cc1.Cc1ccc(-c2ccccc2)c2ccccc12.Cc1ccc(-c2ccccc2)nc1.Cc1cccc(-c2ccccc2)n1.Cc1cccnc1-c1ccccc1.Cc1ccnc(-c2ccccc2)c1. The van der Waals surface area contributed by atoms with Gasteiger partial charge in [-0.25, -0.2) is 4.39 Å². The first-order valence-corrected chi connectivity index (χ1v) is 33.8. The van der Waals surface area contributed by atoms with Gasteiger partial charge in [0.05, 0.1) is 22.8 Å². The van der Waals surface area contributed by atoms with Crippen LogP contribution in [0.4, 0.5) is 4.39 Å². The molecule has 0 aliphatic rings. The van der Waals surface area contributed by atoms with Crippen LogP contribution in [0.3, 0.4) is 0 Å². The molecule has 100 heavy (non-hydrogen) atoms. The van der Waals surface area contributed by atoms with Crippen LogP contribution in [-0.4, -0.2) is 19.9 Å². The summed E-state index contributed by atoms with van der Waals surface area (Å²) < 4.78 is 12.7. The van der Waals surface area contributed by atoms with E-state index >= 15 is 0 Å². The molecule has 0 unspecified atom stereocenters. The van der Waals surface area contributed by atoms with E-state index < -0.39 is 0 Å². The first-order chi connectivity index (χ1) is 48.9. The van der Waals surface area contributed by atoms with E-state index in [0.29, 0.717) is 0 Å². The molecule has 12 aromatic carbocycles. The van der Waals surface area contributed by atoms with E-state index in [2.05, 4.69) is 267 Å². The van der Waals surface area contributed by atoms with Crippen LogP contribution in [0.5, 0.6) is 0 Å². The Morgan fingerprint density at radius 3 is 1.27 bits per heavy atom. The van der Waals surface area contributed by atoms with Gasteiger partial charge in [0.15, 0.2) is 0 Å². The minimum Gasteiger partial charge on any atom is -0.256 e. The fourth-order valence-electron chi connectivity index (χ4n) is 11.1. The Kier molecular flexibility index (Phi) is 25.9. The van der Waals surface area contributed by atoms with Crippen molar-refractivity contribution in [3.05, 3.63) is 421 Å². The number of benzene rings is 12. The van der Waals surface area contributed by atoms with E-state index in [1.807, 2.05) is 154 Å². The quantitative estimate of drug-likeness (QED) is 0.160. The first-order valence-electron chi connectivity index (χ1n) is 33.8. The number of rotatable bonds is 7. The summed E-state index contributed by atoms with van der Waals surface area (Å²) >= 11 is 0. The maximum absolute atomic E-state index is 12.7. The van der Waals surface area contributed by atoms with Gasteiger partial charge in [-0.15, -0.1) is 0 Å². The summed E-state index contributed by atoms with van der Waals surface area (Å²) in [5.74, 6) is -0.194. The highest BCUT2D eigenvalue weighted by Gasteiger charge is 2.06. The Balaban J connectivity index is 0.000000126. The van der Waals surface area contributed by atoms with Crippen LogP contribution in [-0.2, 0) is 0 Å². The number of aromatic nitrogens is 4. The maximum Gasteiger partial charge on any atom is 0.123 e. The number of hydrogen-bond acceptors (Lipinski definition) is 4. The summed E-state index contributed by atoms with van der Waals surface area (Å²) in [5, 5.41) is 5.27. The molecule has 0 aliphatic carbocycles. The summed E-state index contributed by atoms with van der Waals surface area (Å²) in [5.41, 5.74) is 24.8. The van der Waals surface area contributed by atoms with Gasteiger partial charge in [0.1, 0.15) is 5.82 Å².